The van der Waals surface area contributed by atoms with Crippen molar-refractivity contribution in [2.24, 2.45) is 11.1 Å². The average Bonchev–Trinajstić information content (AvgIpc) is 3.15. The minimum absolute atomic E-state index is 0.126. The SMILES string of the molecule is CCC1(CNc2ccc(C(F)(F)F)c(C(N)=S)c2)CC1. The van der Waals surface area contributed by atoms with E-state index in [1.54, 1.807) is 0 Å². The minimum Gasteiger partial charge on any atom is -0.389 e. The van der Waals surface area contributed by atoms with E-state index in [1.165, 1.54) is 25.0 Å². The standard InChI is InChI=1S/C14H17F3N2S/c1-2-13(5-6-13)8-19-9-3-4-11(14(15,16)17)10(7-9)12(18)20/h3-4,7,19H,2,5-6,8H2,1H3,(H2,18,20). The number of nitrogens with two attached hydrogens (primary N) is 1. The van der Waals surface area contributed by atoms with Crippen LogP contribution in [0.25, 0.3) is 0 Å². The van der Waals surface area contributed by atoms with Gasteiger partial charge in [-0.15, -0.1) is 0 Å². The molecule has 20 heavy (non-hydrogen) atoms. The first-order valence-electron chi connectivity index (χ1n) is 6.52. The van der Waals surface area contributed by atoms with Crippen molar-refractivity contribution in [3.05, 3.63) is 29.3 Å². The van der Waals surface area contributed by atoms with E-state index < -0.39 is 11.7 Å². The van der Waals surface area contributed by atoms with Crippen LogP contribution in [0.1, 0.15) is 37.3 Å². The third-order valence-corrected chi connectivity index (χ3v) is 4.18. The molecule has 6 heteroatoms. The van der Waals surface area contributed by atoms with Crippen molar-refractivity contribution in [2.45, 2.75) is 32.4 Å². The molecule has 0 bridgehead atoms. The van der Waals surface area contributed by atoms with Crippen LogP contribution in [0.5, 0.6) is 0 Å². The molecule has 2 rings (SSSR count). The summed E-state index contributed by atoms with van der Waals surface area (Å²) in [6, 6.07) is 3.84. The molecule has 0 saturated heterocycles. The summed E-state index contributed by atoms with van der Waals surface area (Å²) in [5, 5.41) is 3.19. The Morgan fingerprint density at radius 2 is 2.05 bits per heavy atom. The Labute approximate surface area is 121 Å². The summed E-state index contributed by atoms with van der Waals surface area (Å²) in [7, 11) is 0. The van der Waals surface area contributed by atoms with E-state index in [2.05, 4.69) is 12.2 Å². The summed E-state index contributed by atoms with van der Waals surface area (Å²) < 4.78 is 38.5. The fourth-order valence-electron chi connectivity index (χ4n) is 2.23. The van der Waals surface area contributed by atoms with Crippen LogP contribution >= 0.6 is 12.2 Å². The zero-order chi connectivity index (χ0) is 15.0. The van der Waals surface area contributed by atoms with Crippen LogP contribution in [-0.2, 0) is 6.18 Å². The summed E-state index contributed by atoms with van der Waals surface area (Å²) in [6.07, 6.45) is -1.04. The van der Waals surface area contributed by atoms with Gasteiger partial charge in [-0.2, -0.15) is 13.2 Å². The van der Waals surface area contributed by atoms with Gasteiger partial charge < -0.3 is 11.1 Å². The van der Waals surface area contributed by atoms with Gasteiger partial charge in [0.1, 0.15) is 4.99 Å². The summed E-state index contributed by atoms with van der Waals surface area (Å²) in [4.78, 5) is -0.238. The normalized spacial score (nSPS) is 16.8. The molecular formula is C14H17F3N2S. The van der Waals surface area contributed by atoms with Crippen LogP contribution in [-0.4, -0.2) is 11.5 Å². The zero-order valence-electron chi connectivity index (χ0n) is 11.2. The summed E-state index contributed by atoms with van der Waals surface area (Å²) in [6.45, 7) is 2.90. The number of halogens is 3. The van der Waals surface area contributed by atoms with E-state index in [-0.39, 0.29) is 10.6 Å². The molecule has 0 spiro atoms. The van der Waals surface area contributed by atoms with Crippen molar-refractivity contribution in [1.29, 1.82) is 0 Å². The monoisotopic (exact) mass is 302 g/mol. The third kappa shape index (κ3) is 3.23. The van der Waals surface area contributed by atoms with Gasteiger partial charge in [0.2, 0.25) is 0 Å². The van der Waals surface area contributed by atoms with Gasteiger partial charge >= 0.3 is 6.18 Å². The van der Waals surface area contributed by atoms with Crippen molar-refractivity contribution in [3.63, 3.8) is 0 Å². The average molecular weight is 302 g/mol. The molecule has 1 saturated carbocycles. The lowest BCUT2D eigenvalue weighted by molar-refractivity contribution is -0.137. The first kappa shape index (κ1) is 15.1. The number of nitrogens with one attached hydrogen (secondary N) is 1. The molecule has 0 unspecified atom stereocenters. The maximum Gasteiger partial charge on any atom is 0.417 e. The van der Waals surface area contributed by atoms with E-state index in [0.29, 0.717) is 11.1 Å². The molecule has 0 amide bonds. The molecule has 1 aromatic carbocycles. The minimum atomic E-state index is -4.45. The fourth-order valence-corrected chi connectivity index (χ4v) is 2.40. The van der Waals surface area contributed by atoms with Crippen molar-refractivity contribution in [1.82, 2.24) is 0 Å². The van der Waals surface area contributed by atoms with Crippen LogP contribution in [0.15, 0.2) is 18.2 Å². The lowest BCUT2D eigenvalue weighted by atomic mass is 10.0. The number of anilines is 1. The fraction of sp³-hybridized carbons (Fsp3) is 0.500. The lowest BCUT2D eigenvalue weighted by Gasteiger charge is -2.17. The van der Waals surface area contributed by atoms with Crippen LogP contribution in [0.4, 0.5) is 18.9 Å². The number of alkyl halides is 3. The number of hydrogen-bond donors (Lipinski definition) is 2. The highest BCUT2D eigenvalue weighted by molar-refractivity contribution is 7.80. The molecule has 2 nitrogen and oxygen atoms in total. The Morgan fingerprint density at radius 1 is 1.40 bits per heavy atom. The van der Waals surface area contributed by atoms with Gasteiger partial charge in [0.05, 0.1) is 5.56 Å². The number of benzene rings is 1. The molecule has 0 aromatic heterocycles. The molecular weight excluding hydrogens is 285 g/mol. The molecule has 1 fully saturated rings. The second kappa shape index (κ2) is 5.24. The van der Waals surface area contributed by atoms with Crippen molar-refractivity contribution in [3.8, 4) is 0 Å². The highest BCUT2D eigenvalue weighted by atomic mass is 32.1. The van der Waals surface area contributed by atoms with Gasteiger partial charge in [-0.05, 0) is 42.9 Å². The summed E-state index contributed by atoms with van der Waals surface area (Å²) in [5.74, 6) is 0. The second-order valence-electron chi connectivity index (χ2n) is 5.33. The Balaban J connectivity index is 2.20. The number of thiocarbonyl (C=S) groups is 1. The first-order valence-corrected chi connectivity index (χ1v) is 6.93. The smallest absolute Gasteiger partial charge is 0.389 e. The van der Waals surface area contributed by atoms with Gasteiger partial charge in [-0.1, -0.05) is 19.1 Å². The molecule has 0 atom stereocenters. The van der Waals surface area contributed by atoms with Crippen LogP contribution in [0.2, 0.25) is 0 Å². The van der Waals surface area contributed by atoms with Crippen LogP contribution in [0, 0.1) is 5.41 Å². The van der Waals surface area contributed by atoms with E-state index >= 15 is 0 Å². The molecule has 1 aliphatic rings. The van der Waals surface area contributed by atoms with E-state index in [1.807, 2.05) is 0 Å². The van der Waals surface area contributed by atoms with E-state index in [0.717, 1.165) is 19.0 Å². The Kier molecular flexibility index (Phi) is 3.95. The van der Waals surface area contributed by atoms with Crippen molar-refractivity contribution in [2.75, 3.05) is 11.9 Å². The summed E-state index contributed by atoms with van der Waals surface area (Å²) >= 11 is 4.72. The predicted octanol–water partition coefficient (Wildman–Crippen LogP) is 3.94. The zero-order valence-corrected chi connectivity index (χ0v) is 12.0. The maximum atomic E-state index is 12.8. The largest absolute Gasteiger partial charge is 0.417 e. The van der Waals surface area contributed by atoms with E-state index in [9.17, 15) is 13.2 Å². The molecule has 1 aromatic rings. The topological polar surface area (TPSA) is 38.0 Å². The Bertz CT molecular complexity index is 522. The predicted molar refractivity (Wildman–Crippen MR) is 77.8 cm³/mol. The highest BCUT2D eigenvalue weighted by Crippen LogP contribution is 2.48. The first-order chi connectivity index (χ1) is 9.27. The number of rotatable bonds is 5. The second-order valence-corrected chi connectivity index (χ2v) is 5.77. The van der Waals surface area contributed by atoms with Gasteiger partial charge in [-0.25, -0.2) is 0 Å². The maximum absolute atomic E-state index is 12.8. The highest BCUT2D eigenvalue weighted by Gasteiger charge is 2.40. The molecule has 0 aliphatic heterocycles. The van der Waals surface area contributed by atoms with Gasteiger partial charge in [0.25, 0.3) is 0 Å². The number of hydrogen-bond acceptors (Lipinski definition) is 2. The van der Waals surface area contributed by atoms with Crippen molar-refractivity contribution >= 4 is 22.9 Å². The van der Waals surface area contributed by atoms with Crippen LogP contribution < -0.4 is 11.1 Å². The van der Waals surface area contributed by atoms with Gasteiger partial charge in [-0.3, -0.25) is 0 Å². The summed E-state index contributed by atoms with van der Waals surface area (Å²) in [5.41, 5.74) is 5.43. The van der Waals surface area contributed by atoms with Gasteiger partial charge in [0, 0.05) is 17.8 Å². The molecule has 110 valence electrons. The molecule has 1 aliphatic carbocycles. The van der Waals surface area contributed by atoms with Crippen LogP contribution in [0.3, 0.4) is 0 Å². The molecule has 0 heterocycles. The Morgan fingerprint density at radius 3 is 2.50 bits per heavy atom. The lowest BCUT2D eigenvalue weighted by Crippen LogP contribution is -2.19. The third-order valence-electron chi connectivity index (χ3n) is 3.97. The van der Waals surface area contributed by atoms with E-state index in [4.69, 9.17) is 18.0 Å². The molecule has 3 N–H and O–H groups in total. The van der Waals surface area contributed by atoms with Gasteiger partial charge in [0.15, 0.2) is 0 Å². The van der Waals surface area contributed by atoms with Crippen molar-refractivity contribution < 1.29 is 13.2 Å². The molecule has 0 radical (unpaired) electrons. The Hall–Kier alpha value is -1.30. The quantitative estimate of drug-likeness (QED) is 0.809.